The van der Waals surface area contributed by atoms with Gasteiger partial charge in [0, 0.05) is 6.42 Å². The molecule has 1 aliphatic rings. The Morgan fingerprint density at radius 2 is 0.784 bits per heavy atom. The van der Waals surface area contributed by atoms with Crippen LogP contribution < -0.4 is 5.32 Å². The molecule has 0 radical (unpaired) electrons. The molecule has 0 aromatic heterocycles. The van der Waals surface area contributed by atoms with Gasteiger partial charge in [-0.15, -0.1) is 0 Å². The predicted octanol–water partition coefficient (Wildman–Crippen LogP) is 19.2. The minimum atomic E-state index is -1.62. The largest absolute Gasteiger partial charge is 0.454 e. The third-order valence-corrected chi connectivity index (χ3v) is 17.0. The van der Waals surface area contributed by atoms with Crippen molar-refractivity contribution >= 4 is 11.9 Å². The van der Waals surface area contributed by atoms with Crippen molar-refractivity contribution in [1.29, 1.82) is 0 Å². The van der Waals surface area contributed by atoms with E-state index in [0.29, 0.717) is 12.8 Å². The molecule has 1 rings (SSSR count). The predicted molar refractivity (Wildman–Crippen MR) is 370 cm³/mol. The van der Waals surface area contributed by atoms with Gasteiger partial charge in [-0.1, -0.05) is 305 Å². The number of carbonyl (C=O) groups is 2. The van der Waals surface area contributed by atoms with E-state index in [4.69, 9.17) is 14.2 Å². The Kier molecular flexibility index (Phi) is 60.2. The van der Waals surface area contributed by atoms with Crippen molar-refractivity contribution in [3.8, 4) is 0 Å². The minimum Gasteiger partial charge on any atom is -0.454 e. The normalized spacial score (nSPS) is 18.7. The van der Waals surface area contributed by atoms with Gasteiger partial charge in [-0.3, -0.25) is 9.59 Å². The van der Waals surface area contributed by atoms with E-state index in [2.05, 4.69) is 99.0 Å². The molecular formula is C77H137NO10. The number of nitrogens with one attached hydrogen (secondary N) is 1. The van der Waals surface area contributed by atoms with Crippen molar-refractivity contribution in [2.45, 2.75) is 378 Å². The van der Waals surface area contributed by atoms with Gasteiger partial charge in [0.25, 0.3) is 0 Å². The monoisotopic (exact) mass is 1240 g/mol. The topological polar surface area (TPSA) is 175 Å². The fraction of sp³-hybridized carbons (Fsp3) is 0.792. The summed E-state index contributed by atoms with van der Waals surface area (Å²) in [5, 5.41) is 57.3. The third kappa shape index (κ3) is 50.5. The average molecular weight is 1240 g/mol. The molecule has 1 aliphatic heterocycles. The highest BCUT2D eigenvalue weighted by molar-refractivity contribution is 5.80. The molecule has 6 N–H and O–H groups in total. The average Bonchev–Trinajstić information content (AvgIpc) is 2.54. The standard InChI is InChI=1S/C77H137NO10/c1-4-7-10-13-16-19-22-25-27-29-31-33-35-37-38-40-42-44-46-49-52-55-58-61-64-70(81)76(85)78-68(69(80)63-60-57-54-51-48-24-21-18-15-12-9-6-3)67-86-77-75(74(84)73(83)71(66-79)87-77)88-72(82)65-62-59-56-53-50-47-45-43-41-39-36-34-32-30-28-26-23-20-17-14-11-8-5-2/h16-17,19-20,25-28,32,34,39,41,60,63,68-71,73-75,77,79-81,83-84H,4-15,18,21-24,29-31,33,35-38,40,42-59,61-62,64-67H2,1-3H3,(H,78,85)/b19-16-,20-17-,27-25-,28-26-,34-32-,41-39-,63-60+. The number of amides is 1. The van der Waals surface area contributed by atoms with Gasteiger partial charge in [-0.05, 0) is 103 Å². The Balaban J connectivity index is 2.56. The van der Waals surface area contributed by atoms with Crippen molar-refractivity contribution in [1.82, 2.24) is 5.32 Å². The summed E-state index contributed by atoms with van der Waals surface area (Å²) >= 11 is 0. The van der Waals surface area contributed by atoms with Crippen LogP contribution in [0.2, 0.25) is 0 Å². The number of hydrogen-bond donors (Lipinski definition) is 6. The van der Waals surface area contributed by atoms with Crippen molar-refractivity contribution in [2.24, 2.45) is 0 Å². The van der Waals surface area contributed by atoms with Crippen molar-refractivity contribution < 1.29 is 49.3 Å². The van der Waals surface area contributed by atoms with Crippen molar-refractivity contribution in [2.75, 3.05) is 13.2 Å². The fourth-order valence-electron chi connectivity index (χ4n) is 11.2. The van der Waals surface area contributed by atoms with Crippen LogP contribution in [0.1, 0.15) is 329 Å². The maximum atomic E-state index is 13.5. The van der Waals surface area contributed by atoms with Crippen LogP contribution in [0.15, 0.2) is 85.1 Å². The summed E-state index contributed by atoms with van der Waals surface area (Å²) in [5.74, 6) is -1.20. The molecule has 11 nitrogen and oxygen atoms in total. The molecule has 1 heterocycles. The molecular weight excluding hydrogens is 1100 g/mol. The van der Waals surface area contributed by atoms with E-state index in [-0.39, 0.29) is 19.4 Å². The van der Waals surface area contributed by atoms with Gasteiger partial charge in [-0.25, -0.2) is 0 Å². The van der Waals surface area contributed by atoms with E-state index < -0.39 is 67.4 Å². The molecule has 11 heteroatoms. The number of esters is 1. The van der Waals surface area contributed by atoms with E-state index in [0.717, 1.165) is 109 Å². The van der Waals surface area contributed by atoms with E-state index in [9.17, 15) is 35.1 Å². The molecule has 8 unspecified atom stereocenters. The molecule has 0 aromatic rings. The zero-order valence-corrected chi connectivity index (χ0v) is 56.8. The summed E-state index contributed by atoms with van der Waals surface area (Å²) in [5.41, 5.74) is 0. The molecule has 510 valence electrons. The number of allylic oxidation sites excluding steroid dienone is 13. The molecule has 0 saturated carbocycles. The molecule has 88 heavy (non-hydrogen) atoms. The van der Waals surface area contributed by atoms with E-state index in [1.807, 2.05) is 6.08 Å². The SMILES string of the molecule is CCCCC/C=C\C/C=C\C/C=C\C/C=C\CCCCCCCCCC(=O)OC1C(OCC(NC(=O)C(O)CCCCCCCCCCCCCCCC/C=C\C/C=C\CCCCC)C(O)/C=C/CCCCCCCCCCCC)OC(CO)C(O)C1O. The van der Waals surface area contributed by atoms with Crippen LogP contribution in [0.5, 0.6) is 0 Å². The van der Waals surface area contributed by atoms with Crippen LogP contribution in [0.4, 0.5) is 0 Å². The van der Waals surface area contributed by atoms with Crippen molar-refractivity contribution in [3.63, 3.8) is 0 Å². The second kappa shape index (κ2) is 64.0. The number of aliphatic hydroxyl groups is 5. The highest BCUT2D eigenvalue weighted by Crippen LogP contribution is 2.26. The maximum Gasteiger partial charge on any atom is 0.306 e. The number of carbonyl (C=O) groups excluding carboxylic acids is 2. The molecule has 0 spiro atoms. The molecule has 0 aromatic carbocycles. The lowest BCUT2D eigenvalue weighted by molar-refractivity contribution is -0.305. The lowest BCUT2D eigenvalue weighted by Crippen LogP contribution is -2.61. The van der Waals surface area contributed by atoms with E-state index in [1.165, 1.54) is 173 Å². The zero-order chi connectivity index (χ0) is 63.9. The minimum absolute atomic E-state index is 0.109. The van der Waals surface area contributed by atoms with Gasteiger partial charge >= 0.3 is 5.97 Å². The summed E-state index contributed by atoms with van der Waals surface area (Å²) in [6, 6.07) is -1.03. The first-order valence-corrected chi connectivity index (χ1v) is 36.9. The van der Waals surface area contributed by atoms with Crippen LogP contribution in [-0.4, -0.2) is 99.6 Å². The van der Waals surface area contributed by atoms with Gasteiger partial charge in [0.05, 0.1) is 25.4 Å². The first kappa shape index (κ1) is 82.9. The fourth-order valence-corrected chi connectivity index (χ4v) is 11.2. The molecule has 8 atom stereocenters. The summed E-state index contributed by atoms with van der Waals surface area (Å²) in [6.07, 6.45) is 74.7. The smallest absolute Gasteiger partial charge is 0.306 e. The summed E-state index contributed by atoms with van der Waals surface area (Å²) < 4.78 is 17.7. The molecule has 1 fully saturated rings. The van der Waals surface area contributed by atoms with Crippen LogP contribution >= 0.6 is 0 Å². The third-order valence-electron chi connectivity index (χ3n) is 17.0. The van der Waals surface area contributed by atoms with E-state index >= 15 is 0 Å². The van der Waals surface area contributed by atoms with Gasteiger partial charge in [-0.2, -0.15) is 0 Å². The first-order valence-electron chi connectivity index (χ1n) is 36.9. The van der Waals surface area contributed by atoms with Gasteiger partial charge in [0.2, 0.25) is 5.91 Å². The lowest BCUT2D eigenvalue weighted by atomic mass is 9.99. The number of ether oxygens (including phenoxy) is 3. The van der Waals surface area contributed by atoms with Crippen LogP contribution in [0.25, 0.3) is 0 Å². The Hall–Kier alpha value is -3.16. The number of rotatable bonds is 63. The number of hydrogen-bond acceptors (Lipinski definition) is 10. The van der Waals surface area contributed by atoms with Gasteiger partial charge in [0.15, 0.2) is 12.4 Å². The lowest BCUT2D eigenvalue weighted by Gasteiger charge is -2.41. The van der Waals surface area contributed by atoms with Crippen LogP contribution in [0.3, 0.4) is 0 Å². The van der Waals surface area contributed by atoms with Crippen molar-refractivity contribution in [3.05, 3.63) is 85.1 Å². The first-order chi connectivity index (χ1) is 43.2. The second-order valence-electron chi connectivity index (χ2n) is 25.3. The quantitative estimate of drug-likeness (QED) is 0.0195. The van der Waals surface area contributed by atoms with Crippen LogP contribution in [0, 0.1) is 0 Å². The molecule has 0 aliphatic carbocycles. The Labute approximate surface area is 540 Å². The second-order valence-corrected chi connectivity index (χ2v) is 25.3. The molecule has 1 amide bonds. The summed E-state index contributed by atoms with van der Waals surface area (Å²) in [7, 11) is 0. The number of aliphatic hydroxyl groups excluding tert-OH is 5. The Bertz CT molecular complexity index is 1760. The Morgan fingerprint density at radius 1 is 0.443 bits per heavy atom. The Morgan fingerprint density at radius 3 is 1.19 bits per heavy atom. The highest BCUT2D eigenvalue weighted by atomic mass is 16.7. The molecule has 0 bridgehead atoms. The summed E-state index contributed by atoms with van der Waals surface area (Å²) in [4.78, 5) is 26.7. The van der Waals surface area contributed by atoms with E-state index in [1.54, 1.807) is 6.08 Å². The number of unbranched alkanes of at least 4 members (excludes halogenated alkanes) is 37. The van der Waals surface area contributed by atoms with Gasteiger partial charge < -0.3 is 45.1 Å². The van der Waals surface area contributed by atoms with Gasteiger partial charge in [0.1, 0.15) is 24.4 Å². The maximum absolute atomic E-state index is 13.5. The zero-order valence-electron chi connectivity index (χ0n) is 56.8. The van der Waals surface area contributed by atoms with Crippen LogP contribution in [-0.2, 0) is 23.8 Å². The highest BCUT2D eigenvalue weighted by Gasteiger charge is 2.47. The molecule has 1 saturated heterocycles. The summed E-state index contributed by atoms with van der Waals surface area (Å²) in [6.45, 7) is 5.77.